The van der Waals surface area contributed by atoms with Gasteiger partial charge in [-0.25, -0.2) is 4.98 Å². The van der Waals surface area contributed by atoms with Gasteiger partial charge in [-0.1, -0.05) is 66.7 Å². The second-order valence-corrected chi connectivity index (χ2v) is 7.00. The lowest BCUT2D eigenvalue weighted by atomic mass is 10.1. The van der Waals surface area contributed by atoms with Gasteiger partial charge < -0.3 is 10.1 Å². The van der Waals surface area contributed by atoms with Crippen molar-refractivity contribution < 1.29 is 9.53 Å². The number of ether oxygens (including phenoxy) is 1. The highest BCUT2D eigenvalue weighted by Crippen LogP contribution is 2.26. The molecule has 134 valence electrons. The average Bonchev–Trinajstić information content (AvgIpc) is 3.20. The van der Waals surface area contributed by atoms with Gasteiger partial charge in [0.2, 0.25) is 0 Å². The van der Waals surface area contributed by atoms with Crippen molar-refractivity contribution >= 4 is 28.0 Å². The molecule has 0 saturated carbocycles. The number of nitrogens with zero attached hydrogens (tertiary/aromatic N) is 1. The summed E-state index contributed by atoms with van der Waals surface area (Å²) in [6.07, 6.45) is 0. The third-order valence-corrected chi connectivity index (χ3v) is 5.00. The molecular weight excluding hydrogens is 356 g/mol. The van der Waals surface area contributed by atoms with E-state index in [4.69, 9.17) is 4.74 Å². The van der Waals surface area contributed by atoms with E-state index in [0.29, 0.717) is 18.8 Å². The standard InChI is InChI=1S/C22H18N2O2S/c25-22(23-13-16-7-2-1-3-8-16)19-15-27-21(24-19)14-26-20-12-6-10-17-9-4-5-11-18(17)20/h1-12,15H,13-14H2,(H,23,25). The van der Waals surface area contributed by atoms with E-state index in [-0.39, 0.29) is 5.91 Å². The van der Waals surface area contributed by atoms with Gasteiger partial charge in [0.1, 0.15) is 23.1 Å². The average molecular weight is 374 g/mol. The number of amides is 1. The van der Waals surface area contributed by atoms with Crippen LogP contribution in [-0.2, 0) is 13.2 Å². The fourth-order valence-electron chi connectivity index (χ4n) is 2.81. The topological polar surface area (TPSA) is 51.2 Å². The Hall–Kier alpha value is -3.18. The minimum atomic E-state index is -0.175. The molecule has 0 radical (unpaired) electrons. The maximum absolute atomic E-state index is 12.3. The lowest BCUT2D eigenvalue weighted by molar-refractivity contribution is 0.0946. The molecule has 1 amide bonds. The highest BCUT2D eigenvalue weighted by Gasteiger charge is 2.11. The maximum Gasteiger partial charge on any atom is 0.271 e. The van der Waals surface area contributed by atoms with Crippen molar-refractivity contribution in [2.75, 3.05) is 0 Å². The normalized spacial score (nSPS) is 10.7. The smallest absolute Gasteiger partial charge is 0.271 e. The molecule has 3 aromatic carbocycles. The van der Waals surface area contributed by atoms with Gasteiger partial charge in [0.15, 0.2) is 0 Å². The summed E-state index contributed by atoms with van der Waals surface area (Å²) < 4.78 is 5.94. The largest absolute Gasteiger partial charge is 0.486 e. The first kappa shape index (κ1) is 17.2. The van der Waals surface area contributed by atoms with Crippen LogP contribution in [0.1, 0.15) is 21.1 Å². The van der Waals surface area contributed by atoms with Crippen LogP contribution >= 0.6 is 11.3 Å². The molecule has 0 fully saturated rings. The van der Waals surface area contributed by atoms with Crippen LogP contribution in [0, 0.1) is 0 Å². The number of carbonyl (C=O) groups excluding carboxylic acids is 1. The minimum absolute atomic E-state index is 0.175. The first-order chi connectivity index (χ1) is 13.3. The Bertz CT molecular complexity index is 1050. The zero-order valence-corrected chi connectivity index (χ0v) is 15.4. The molecule has 0 unspecified atom stereocenters. The Morgan fingerprint density at radius 3 is 2.63 bits per heavy atom. The summed E-state index contributed by atoms with van der Waals surface area (Å²) >= 11 is 1.43. The molecule has 0 aliphatic rings. The second kappa shape index (κ2) is 8.01. The van der Waals surface area contributed by atoms with Gasteiger partial charge >= 0.3 is 0 Å². The predicted molar refractivity (Wildman–Crippen MR) is 108 cm³/mol. The Kier molecular flexibility index (Phi) is 5.12. The molecule has 1 heterocycles. The van der Waals surface area contributed by atoms with Crippen LogP contribution in [0.25, 0.3) is 10.8 Å². The van der Waals surface area contributed by atoms with Crippen molar-refractivity contribution in [3.05, 3.63) is 94.4 Å². The molecule has 0 saturated heterocycles. The fourth-order valence-corrected chi connectivity index (χ4v) is 3.50. The van der Waals surface area contributed by atoms with Crippen molar-refractivity contribution in [3.63, 3.8) is 0 Å². The Morgan fingerprint density at radius 2 is 1.74 bits per heavy atom. The summed E-state index contributed by atoms with van der Waals surface area (Å²) in [4.78, 5) is 16.7. The SMILES string of the molecule is O=C(NCc1ccccc1)c1csc(COc2cccc3ccccc23)n1. The van der Waals surface area contributed by atoms with Crippen LogP contribution in [0.3, 0.4) is 0 Å². The number of aromatic nitrogens is 1. The first-order valence-corrected chi connectivity index (χ1v) is 9.55. The molecule has 1 aromatic heterocycles. The van der Waals surface area contributed by atoms with E-state index < -0.39 is 0 Å². The van der Waals surface area contributed by atoms with Crippen LogP contribution in [0.2, 0.25) is 0 Å². The molecular formula is C22H18N2O2S. The van der Waals surface area contributed by atoms with E-state index in [1.165, 1.54) is 11.3 Å². The molecule has 4 rings (SSSR count). The van der Waals surface area contributed by atoms with Crippen LogP contribution < -0.4 is 10.1 Å². The van der Waals surface area contributed by atoms with Crippen LogP contribution in [0.15, 0.2) is 78.2 Å². The van der Waals surface area contributed by atoms with Gasteiger partial charge in [-0.05, 0) is 17.0 Å². The lowest BCUT2D eigenvalue weighted by Gasteiger charge is -2.07. The molecule has 4 aromatic rings. The van der Waals surface area contributed by atoms with Crippen LogP contribution in [0.4, 0.5) is 0 Å². The monoisotopic (exact) mass is 374 g/mol. The van der Waals surface area contributed by atoms with Crippen molar-refractivity contribution in [1.29, 1.82) is 0 Å². The van der Waals surface area contributed by atoms with Gasteiger partial charge in [0, 0.05) is 17.3 Å². The van der Waals surface area contributed by atoms with Crippen LogP contribution in [-0.4, -0.2) is 10.9 Å². The highest BCUT2D eigenvalue weighted by atomic mass is 32.1. The molecule has 0 atom stereocenters. The van der Waals surface area contributed by atoms with Crippen molar-refractivity contribution in [2.24, 2.45) is 0 Å². The number of hydrogen-bond acceptors (Lipinski definition) is 4. The number of benzene rings is 3. The first-order valence-electron chi connectivity index (χ1n) is 8.67. The number of nitrogens with one attached hydrogen (secondary N) is 1. The van der Waals surface area contributed by atoms with Gasteiger partial charge in [0.25, 0.3) is 5.91 Å². The quantitative estimate of drug-likeness (QED) is 0.527. The molecule has 0 aliphatic carbocycles. The summed E-state index contributed by atoms with van der Waals surface area (Å²) in [6, 6.07) is 23.9. The molecule has 5 heteroatoms. The zero-order chi connectivity index (χ0) is 18.5. The Morgan fingerprint density at radius 1 is 0.963 bits per heavy atom. The van der Waals surface area contributed by atoms with Gasteiger partial charge in [0.05, 0.1) is 0 Å². The minimum Gasteiger partial charge on any atom is -0.486 e. The van der Waals surface area contributed by atoms with Gasteiger partial charge in [-0.3, -0.25) is 4.79 Å². The number of carbonyl (C=O) groups is 1. The van der Waals surface area contributed by atoms with E-state index in [2.05, 4.69) is 22.4 Å². The number of thiazole rings is 1. The third kappa shape index (κ3) is 4.15. The summed E-state index contributed by atoms with van der Waals surface area (Å²) in [5.41, 5.74) is 1.48. The molecule has 0 bridgehead atoms. The Labute approximate surface area is 161 Å². The molecule has 1 N–H and O–H groups in total. The highest BCUT2D eigenvalue weighted by molar-refractivity contribution is 7.09. The molecule has 4 nitrogen and oxygen atoms in total. The predicted octanol–water partition coefficient (Wildman–Crippen LogP) is 4.81. The van der Waals surface area contributed by atoms with Gasteiger partial charge in [-0.15, -0.1) is 11.3 Å². The molecule has 0 spiro atoms. The van der Waals surface area contributed by atoms with Crippen LogP contribution in [0.5, 0.6) is 5.75 Å². The van der Waals surface area contributed by atoms with E-state index in [9.17, 15) is 4.79 Å². The van der Waals surface area contributed by atoms with E-state index in [0.717, 1.165) is 27.1 Å². The third-order valence-electron chi connectivity index (χ3n) is 4.18. The van der Waals surface area contributed by atoms with E-state index >= 15 is 0 Å². The van der Waals surface area contributed by atoms with E-state index in [1.54, 1.807) is 5.38 Å². The lowest BCUT2D eigenvalue weighted by Crippen LogP contribution is -2.23. The molecule has 27 heavy (non-hydrogen) atoms. The Balaban J connectivity index is 1.38. The van der Waals surface area contributed by atoms with Crippen molar-refractivity contribution in [3.8, 4) is 5.75 Å². The van der Waals surface area contributed by atoms with E-state index in [1.807, 2.05) is 60.7 Å². The van der Waals surface area contributed by atoms with Crippen molar-refractivity contribution in [2.45, 2.75) is 13.2 Å². The number of rotatable bonds is 6. The summed E-state index contributed by atoms with van der Waals surface area (Å²) in [5, 5.41) is 7.63. The maximum atomic E-state index is 12.3. The number of fused-ring (bicyclic) bond motifs is 1. The second-order valence-electron chi connectivity index (χ2n) is 6.06. The summed E-state index contributed by atoms with van der Waals surface area (Å²) in [7, 11) is 0. The van der Waals surface area contributed by atoms with Crippen molar-refractivity contribution in [1.82, 2.24) is 10.3 Å². The summed E-state index contributed by atoms with van der Waals surface area (Å²) in [5.74, 6) is 0.643. The molecule has 0 aliphatic heterocycles. The summed E-state index contributed by atoms with van der Waals surface area (Å²) in [6.45, 7) is 0.823. The number of hydrogen-bond donors (Lipinski definition) is 1. The van der Waals surface area contributed by atoms with Gasteiger partial charge in [-0.2, -0.15) is 0 Å². The fraction of sp³-hybridized carbons (Fsp3) is 0.0909. The zero-order valence-electron chi connectivity index (χ0n) is 14.6.